The van der Waals surface area contributed by atoms with Gasteiger partial charge in [-0.1, -0.05) is 29.8 Å². The first-order valence-electron chi connectivity index (χ1n) is 5.35. The Kier molecular flexibility index (Phi) is 3.78. The maximum atomic E-state index is 12.9. The van der Waals surface area contributed by atoms with Gasteiger partial charge in [-0.2, -0.15) is 13.2 Å². The summed E-state index contributed by atoms with van der Waals surface area (Å²) in [7, 11) is 0. The van der Waals surface area contributed by atoms with E-state index < -0.39 is 11.7 Å². The summed E-state index contributed by atoms with van der Waals surface area (Å²) < 4.78 is 38.7. The smallest absolute Gasteiger partial charge is 0.390 e. The van der Waals surface area contributed by atoms with Crippen LogP contribution in [0.1, 0.15) is 11.3 Å². The quantitative estimate of drug-likeness (QED) is 0.908. The van der Waals surface area contributed by atoms with Gasteiger partial charge < -0.3 is 5.11 Å². The third kappa shape index (κ3) is 2.88. The zero-order chi connectivity index (χ0) is 14.0. The molecule has 0 fully saturated rings. The number of benzene rings is 1. The lowest BCUT2D eigenvalue weighted by molar-refractivity contribution is -0.137. The number of hydrogen-bond acceptors (Lipinski definition) is 2. The largest absolute Gasteiger partial charge is 0.417 e. The van der Waals surface area contributed by atoms with Gasteiger partial charge in [-0.25, -0.2) is 0 Å². The first-order chi connectivity index (χ1) is 8.93. The highest BCUT2D eigenvalue weighted by Crippen LogP contribution is 2.37. The van der Waals surface area contributed by atoms with Gasteiger partial charge in [0.05, 0.1) is 22.9 Å². The van der Waals surface area contributed by atoms with Gasteiger partial charge in [-0.15, -0.1) is 0 Å². The second-order valence-corrected chi connectivity index (χ2v) is 4.26. The molecule has 2 rings (SSSR count). The lowest BCUT2D eigenvalue weighted by Crippen LogP contribution is -2.07. The van der Waals surface area contributed by atoms with E-state index in [0.29, 0.717) is 0 Å². The summed E-state index contributed by atoms with van der Waals surface area (Å²) >= 11 is 5.84. The number of pyridine rings is 1. The van der Waals surface area contributed by atoms with Crippen LogP contribution in [0.15, 0.2) is 36.5 Å². The van der Waals surface area contributed by atoms with E-state index in [9.17, 15) is 13.2 Å². The highest BCUT2D eigenvalue weighted by Gasteiger charge is 2.33. The Morgan fingerprint density at radius 2 is 1.89 bits per heavy atom. The minimum atomic E-state index is -4.45. The average Bonchev–Trinajstić information content (AvgIpc) is 2.37. The van der Waals surface area contributed by atoms with Gasteiger partial charge in [0.2, 0.25) is 0 Å². The van der Waals surface area contributed by atoms with Crippen molar-refractivity contribution in [2.45, 2.75) is 12.8 Å². The van der Waals surface area contributed by atoms with Gasteiger partial charge in [0.15, 0.2) is 0 Å². The summed E-state index contributed by atoms with van der Waals surface area (Å²) in [5, 5.41) is 9.07. The third-order valence-electron chi connectivity index (χ3n) is 2.61. The summed E-state index contributed by atoms with van der Waals surface area (Å²) in [5.41, 5.74) is -0.247. The van der Waals surface area contributed by atoms with E-state index in [-0.39, 0.29) is 28.5 Å². The van der Waals surface area contributed by atoms with Gasteiger partial charge in [0.25, 0.3) is 0 Å². The molecule has 0 unspecified atom stereocenters. The lowest BCUT2D eigenvalue weighted by atomic mass is 10.0. The number of alkyl halides is 3. The zero-order valence-electron chi connectivity index (χ0n) is 9.58. The molecule has 0 saturated heterocycles. The summed E-state index contributed by atoms with van der Waals surface area (Å²) in [4.78, 5) is 3.85. The van der Waals surface area contributed by atoms with Crippen LogP contribution in [-0.2, 0) is 12.8 Å². The Morgan fingerprint density at radius 1 is 1.21 bits per heavy atom. The van der Waals surface area contributed by atoms with Crippen LogP contribution >= 0.6 is 11.6 Å². The third-order valence-corrected chi connectivity index (χ3v) is 2.94. The number of rotatable bonds is 2. The fraction of sp³-hybridized carbons (Fsp3) is 0.154. The summed E-state index contributed by atoms with van der Waals surface area (Å²) in [6.45, 7) is -0.361. The molecule has 0 spiro atoms. The summed E-state index contributed by atoms with van der Waals surface area (Å²) in [6, 6.07) is 6.56. The first kappa shape index (κ1) is 13.8. The molecule has 19 heavy (non-hydrogen) atoms. The standard InChI is InChI=1S/C13H9ClF3NO/c14-11-5-8(6-18-12(11)7-19)9-3-1-2-4-10(9)13(15,16)17/h1-6,19H,7H2. The molecule has 2 aromatic rings. The van der Waals surface area contributed by atoms with Crippen molar-refractivity contribution in [3.8, 4) is 11.1 Å². The van der Waals surface area contributed by atoms with Crippen molar-refractivity contribution in [2.75, 3.05) is 0 Å². The molecular formula is C13H9ClF3NO. The second kappa shape index (κ2) is 5.19. The fourth-order valence-electron chi connectivity index (χ4n) is 1.71. The van der Waals surface area contributed by atoms with E-state index in [0.717, 1.165) is 6.07 Å². The molecule has 0 bridgehead atoms. The van der Waals surface area contributed by atoms with Crippen LogP contribution in [0.4, 0.5) is 13.2 Å². The van der Waals surface area contributed by atoms with E-state index >= 15 is 0 Å². The van der Waals surface area contributed by atoms with Gasteiger partial charge in [-0.3, -0.25) is 4.98 Å². The first-order valence-corrected chi connectivity index (χ1v) is 5.73. The summed E-state index contributed by atoms with van der Waals surface area (Å²) in [6.07, 6.45) is -3.18. The Bertz CT molecular complexity index is 599. The van der Waals surface area contributed by atoms with E-state index in [4.69, 9.17) is 16.7 Å². The molecule has 6 heteroatoms. The minimum absolute atomic E-state index is 0.00823. The van der Waals surface area contributed by atoms with Crippen molar-refractivity contribution < 1.29 is 18.3 Å². The number of aliphatic hydroxyl groups is 1. The van der Waals surface area contributed by atoms with Crippen molar-refractivity contribution in [1.29, 1.82) is 0 Å². The molecule has 1 heterocycles. The molecule has 0 aliphatic carbocycles. The molecule has 0 aliphatic rings. The molecule has 0 amide bonds. The number of aliphatic hydroxyl groups excluding tert-OH is 1. The molecule has 0 aliphatic heterocycles. The van der Waals surface area contributed by atoms with Crippen LogP contribution in [0.2, 0.25) is 5.02 Å². The van der Waals surface area contributed by atoms with Gasteiger partial charge in [0, 0.05) is 11.8 Å². The van der Waals surface area contributed by atoms with Crippen molar-refractivity contribution in [2.24, 2.45) is 0 Å². The number of nitrogens with zero attached hydrogens (tertiary/aromatic N) is 1. The Labute approximate surface area is 112 Å². The van der Waals surface area contributed by atoms with E-state index in [1.807, 2.05) is 0 Å². The van der Waals surface area contributed by atoms with Crippen LogP contribution in [0.25, 0.3) is 11.1 Å². The minimum Gasteiger partial charge on any atom is -0.390 e. The van der Waals surface area contributed by atoms with Crippen molar-refractivity contribution in [1.82, 2.24) is 4.98 Å². The number of halogens is 4. The maximum absolute atomic E-state index is 12.9. The highest BCUT2D eigenvalue weighted by molar-refractivity contribution is 6.31. The van der Waals surface area contributed by atoms with Gasteiger partial charge in [0.1, 0.15) is 0 Å². The Balaban J connectivity index is 2.57. The van der Waals surface area contributed by atoms with E-state index in [2.05, 4.69) is 4.98 Å². The summed E-state index contributed by atoms with van der Waals surface area (Å²) in [5.74, 6) is 0. The van der Waals surface area contributed by atoms with Crippen LogP contribution in [0, 0.1) is 0 Å². The van der Waals surface area contributed by atoms with Crippen LogP contribution < -0.4 is 0 Å². The van der Waals surface area contributed by atoms with Crippen molar-refractivity contribution in [3.63, 3.8) is 0 Å². The molecule has 100 valence electrons. The second-order valence-electron chi connectivity index (χ2n) is 3.85. The van der Waals surface area contributed by atoms with Crippen molar-refractivity contribution >= 4 is 11.6 Å². The molecule has 0 atom stereocenters. The van der Waals surface area contributed by atoms with E-state index in [1.165, 1.54) is 30.5 Å². The van der Waals surface area contributed by atoms with Crippen LogP contribution in [0.5, 0.6) is 0 Å². The molecule has 1 N–H and O–H groups in total. The molecule has 1 aromatic carbocycles. The predicted octanol–water partition coefficient (Wildman–Crippen LogP) is 3.91. The topological polar surface area (TPSA) is 33.1 Å². The van der Waals surface area contributed by atoms with Gasteiger partial charge in [-0.05, 0) is 17.7 Å². The molecular weight excluding hydrogens is 279 g/mol. The highest BCUT2D eigenvalue weighted by atomic mass is 35.5. The lowest BCUT2D eigenvalue weighted by Gasteiger charge is -2.13. The normalized spacial score (nSPS) is 11.6. The SMILES string of the molecule is OCc1ncc(-c2ccccc2C(F)(F)F)cc1Cl. The van der Waals surface area contributed by atoms with Crippen LogP contribution in [0.3, 0.4) is 0 Å². The number of aromatic nitrogens is 1. The predicted molar refractivity (Wildman–Crippen MR) is 65.6 cm³/mol. The monoisotopic (exact) mass is 287 g/mol. The number of hydrogen-bond donors (Lipinski definition) is 1. The average molecular weight is 288 g/mol. The van der Waals surface area contributed by atoms with Crippen molar-refractivity contribution in [3.05, 3.63) is 52.8 Å². The van der Waals surface area contributed by atoms with E-state index in [1.54, 1.807) is 0 Å². The van der Waals surface area contributed by atoms with Crippen LogP contribution in [-0.4, -0.2) is 10.1 Å². The fourth-order valence-corrected chi connectivity index (χ4v) is 1.94. The molecule has 2 nitrogen and oxygen atoms in total. The Hall–Kier alpha value is -1.59. The Morgan fingerprint density at radius 3 is 2.47 bits per heavy atom. The molecule has 0 radical (unpaired) electrons. The molecule has 1 aromatic heterocycles. The zero-order valence-corrected chi connectivity index (χ0v) is 10.3. The maximum Gasteiger partial charge on any atom is 0.417 e. The van der Waals surface area contributed by atoms with Gasteiger partial charge >= 0.3 is 6.18 Å². The molecule has 0 saturated carbocycles.